The third-order valence-electron chi connectivity index (χ3n) is 2.39. The molecule has 0 aliphatic carbocycles. The van der Waals surface area contributed by atoms with Crippen LogP contribution in [0.2, 0.25) is 0 Å². The molecule has 6 heteroatoms. The zero-order valence-electron chi connectivity index (χ0n) is 11.6. The largest absolute Gasteiger partial charge is 0.465 e. The molecule has 0 N–H and O–H groups in total. The van der Waals surface area contributed by atoms with Gasteiger partial charge in [-0.25, -0.2) is 4.79 Å². The van der Waals surface area contributed by atoms with Crippen LogP contribution in [-0.2, 0) is 14.3 Å². The number of esters is 3. The second kappa shape index (κ2) is 7.28. The van der Waals surface area contributed by atoms with Crippen molar-refractivity contribution in [1.82, 2.24) is 0 Å². The minimum atomic E-state index is -0.682. The Morgan fingerprint density at radius 3 is 2.15 bits per heavy atom. The first-order valence-electron chi connectivity index (χ1n) is 6.15. The fraction of sp³-hybridized carbons (Fsp3) is 0.357. The van der Waals surface area contributed by atoms with E-state index >= 15 is 0 Å². The molecule has 0 saturated heterocycles. The molecule has 1 rings (SSSR count). The van der Waals surface area contributed by atoms with Gasteiger partial charge in [-0.2, -0.15) is 0 Å². The van der Waals surface area contributed by atoms with Crippen molar-refractivity contribution in [3.8, 4) is 11.5 Å². The lowest BCUT2D eigenvalue weighted by Crippen LogP contribution is -2.12. The summed E-state index contributed by atoms with van der Waals surface area (Å²) in [6.07, 6.45) is 0.382. The lowest BCUT2D eigenvalue weighted by atomic mass is 10.2. The van der Waals surface area contributed by atoms with E-state index < -0.39 is 17.9 Å². The summed E-state index contributed by atoms with van der Waals surface area (Å²) >= 11 is 0. The smallest absolute Gasteiger partial charge is 0.341 e. The maximum absolute atomic E-state index is 11.7. The van der Waals surface area contributed by atoms with E-state index in [1.54, 1.807) is 13.8 Å². The van der Waals surface area contributed by atoms with E-state index in [0.717, 1.165) is 0 Å². The number of hydrogen-bond acceptors (Lipinski definition) is 6. The van der Waals surface area contributed by atoms with Crippen molar-refractivity contribution in [1.29, 1.82) is 0 Å². The van der Waals surface area contributed by atoms with Gasteiger partial charge in [0.2, 0.25) is 0 Å². The third kappa shape index (κ3) is 4.08. The summed E-state index contributed by atoms with van der Waals surface area (Å²) in [5.74, 6) is -1.33. The van der Waals surface area contributed by atoms with Crippen molar-refractivity contribution in [2.24, 2.45) is 0 Å². The summed E-state index contributed by atoms with van der Waals surface area (Å²) in [7, 11) is 1.21. The molecule has 0 unspecified atom stereocenters. The summed E-state index contributed by atoms with van der Waals surface area (Å²) in [5.41, 5.74) is 0.0238. The number of carbonyl (C=O) groups is 3. The monoisotopic (exact) mass is 280 g/mol. The van der Waals surface area contributed by atoms with E-state index in [1.807, 2.05) is 0 Å². The van der Waals surface area contributed by atoms with Crippen LogP contribution in [0.3, 0.4) is 0 Å². The van der Waals surface area contributed by atoms with E-state index in [0.29, 0.717) is 0 Å². The minimum absolute atomic E-state index is 0.0238. The van der Waals surface area contributed by atoms with Gasteiger partial charge in [-0.1, -0.05) is 13.8 Å². The highest BCUT2D eigenvalue weighted by Gasteiger charge is 2.17. The topological polar surface area (TPSA) is 78.9 Å². The molecule has 0 radical (unpaired) electrons. The Morgan fingerprint density at radius 2 is 1.60 bits per heavy atom. The standard InChI is InChI=1S/C14H16O6/c1-4-12(15)19-9-6-7-11(20-13(16)5-2)10(8-9)14(17)18-3/h6-8H,4-5H2,1-3H3. The van der Waals surface area contributed by atoms with Gasteiger partial charge in [0, 0.05) is 12.8 Å². The van der Waals surface area contributed by atoms with Gasteiger partial charge in [-0.05, 0) is 18.2 Å². The molecule has 108 valence electrons. The summed E-state index contributed by atoms with van der Waals surface area (Å²) < 4.78 is 14.6. The summed E-state index contributed by atoms with van der Waals surface area (Å²) in [4.78, 5) is 34.2. The average Bonchev–Trinajstić information content (AvgIpc) is 2.47. The molecule has 0 aromatic heterocycles. The molecule has 0 saturated carbocycles. The fourth-order valence-corrected chi connectivity index (χ4v) is 1.33. The SMILES string of the molecule is CCC(=O)Oc1ccc(OC(=O)CC)c(C(=O)OC)c1. The van der Waals surface area contributed by atoms with Crippen molar-refractivity contribution in [2.75, 3.05) is 7.11 Å². The lowest BCUT2D eigenvalue weighted by Gasteiger charge is -2.10. The van der Waals surface area contributed by atoms with Crippen LogP contribution in [0.5, 0.6) is 11.5 Å². The highest BCUT2D eigenvalue weighted by Crippen LogP contribution is 2.25. The molecule has 0 spiro atoms. The van der Waals surface area contributed by atoms with E-state index in [1.165, 1.54) is 25.3 Å². The number of ether oxygens (including phenoxy) is 3. The van der Waals surface area contributed by atoms with Gasteiger partial charge in [0.15, 0.2) is 0 Å². The maximum atomic E-state index is 11.7. The fourth-order valence-electron chi connectivity index (χ4n) is 1.33. The maximum Gasteiger partial charge on any atom is 0.341 e. The molecular weight excluding hydrogens is 264 g/mol. The summed E-state index contributed by atoms with van der Waals surface area (Å²) in [6.45, 7) is 3.29. The van der Waals surface area contributed by atoms with Crippen LogP contribution < -0.4 is 9.47 Å². The number of methoxy groups -OCH3 is 1. The van der Waals surface area contributed by atoms with Crippen LogP contribution in [0.1, 0.15) is 37.0 Å². The molecule has 0 heterocycles. The van der Waals surface area contributed by atoms with Crippen molar-refractivity contribution in [3.05, 3.63) is 23.8 Å². The third-order valence-corrected chi connectivity index (χ3v) is 2.39. The van der Waals surface area contributed by atoms with Crippen LogP contribution >= 0.6 is 0 Å². The zero-order valence-corrected chi connectivity index (χ0v) is 11.6. The molecule has 0 aliphatic rings. The van der Waals surface area contributed by atoms with Crippen LogP contribution in [0.4, 0.5) is 0 Å². The van der Waals surface area contributed by atoms with Gasteiger partial charge in [0.1, 0.15) is 17.1 Å². The molecule has 0 bridgehead atoms. The average molecular weight is 280 g/mol. The Balaban J connectivity index is 3.09. The Bertz CT molecular complexity index is 520. The van der Waals surface area contributed by atoms with Gasteiger partial charge in [0.25, 0.3) is 0 Å². The molecular formula is C14H16O6. The molecule has 1 aromatic carbocycles. The Kier molecular flexibility index (Phi) is 5.71. The first kappa shape index (κ1) is 15.7. The van der Waals surface area contributed by atoms with Gasteiger partial charge in [-0.3, -0.25) is 9.59 Å². The van der Waals surface area contributed by atoms with E-state index in [-0.39, 0.29) is 29.9 Å². The van der Waals surface area contributed by atoms with Crippen molar-refractivity contribution in [3.63, 3.8) is 0 Å². The van der Waals surface area contributed by atoms with E-state index in [2.05, 4.69) is 4.74 Å². The number of hydrogen-bond donors (Lipinski definition) is 0. The summed E-state index contributed by atoms with van der Waals surface area (Å²) in [5, 5.41) is 0. The van der Waals surface area contributed by atoms with Gasteiger partial charge in [0.05, 0.1) is 7.11 Å². The number of carbonyl (C=O) groups excluding carboxylic acids is 3. The van der Waals surface area contributed by atoms with Gasteiger partial charge in [-0.15, -0.1) is 0 Å². The van der Waals surface area contributed by atoms with Crippen molar-refractivity contribution >= 4 is 17.9 Å². The molecule has 0 amide bonds. The predicted octanol–water partition coefficient (Wildman–Crippen LogP) is 2.10. The van der Waals surface area contributed by atoms with Crippen LogP contribution in [0.25, 0.3) is 0 Å². The van der Waals surface area contributed by atoms with E-state index in [9.17, 15) is 14.4 Å². The normalized spacial score (nSPS) is 9.75. The van der Waals surface area contributed by atoms with Crippen LogP contribution in [0, 0.1) is 0 Å². The minimum Gasteiger partial charge on any atom is -0.465 e. The van der Waals surface area contributed by atoms with Gasteiger partial charge < -0.3 is 14.2 Å². The van der Waals surface area contributed by atoms with Crippen molar-refractivity contribution in [2.45, 2.75) is 26.7 Å². The van der Waals surface area contributed by atoms with Gasteiger partial charge >= 0.3 is 17.9 Å². The highest BCUT2D eigenvalue weighted by atomic mass is 16.5. The van der Waals surface area contributed by atoms with E-state index in [4.69, 9.17) is 9.47 Å². The predicted molar refractivity (Wildman–Crippen MR) is 69.6 cm³/mol. The molecule has 6 nitrogen and oxygen atoms in total. The number of rotatable bonds is 5. The molecule has 0 fully saturated rings. The Hall–Kier alpha value is -2.37. The van der Waals surface area contributed by atoms with Crippen molar-refractivity contribution < 1.29 is 28.6 Å². The quantitative estimate of drug-likeness (QED) is 0.607. The Morgan fingerprint density at radius 1 is 1.00 bits per heavy atom. The zero-order chi connectivity index (χ0) is 15.1. The second-order valence-corrected chi connectivity index (χ2v) is 3.80. The molecule has 1 aromatic rings. The summed E-state index contributed by atoms with van der Waals surface area (Å²) in [6, 6.07) is 4.13. The number of benzene rings is 1. The lowest BCUT2D eigenvalue weighted by molar-refractivity contribution is -0.135. The highest BCUT2D eigenvalue weighted by molar-refractivity contribution is 5.94. The second-order valence-electron chi connectivity index (χ2n) is 3.80. The molecule has 20 heavy (non-hydrogen) atoms. The Labute approximate surface area is 116 Å². The first-order chi connectivity index (χ1) is 9.51. The molecule has 0 atom stereocenters. The molecule has 0 aliphatic heterocycles. The van der Waals surface area contributed by atoms with Crippen LogP contribution in [-0.4, -0.2) is 25.0 Å². The van der Waals surface area contributed by atoms with Crippen LogP contribution in [0.15, 0.2) is 18.2 Å². The first-order valence-corrected chi connectivity index (χ1v) is 6.15.